The molecule has 0 aliphatic carbocycles. The molecule has 1 N–H and O–H groups in total. The van der Waals surface area contributed by atoms with Crippen molar-refractivity contribution >= 4 is 11.8 Å². The molecule has 1 aromatic carbocycles. The van der Waals surface area contributed by atoms with E-state index in [0.29, 0.717) is 12.2 Å². The minimum Gasteiger partial charge on any atom is -0.475 e. The van der Waals surface area contributed by atoms with E-state index in [-0.39, 0.29) is 12.3 Å². The Balaban J connectivity index is 1.91. The van der Waals surface area contributed by atoms with E-state index in [0.717, 1.165) is 6.42 Å². The number of aliphatic carboxylic acids is 1. The predicted molar refractivity (Wildman–Crippen MR) is 66.7 cm³/mol. The van der Waals surface area contributed by atoms with Gasteiger partial charge in [0.15, 0.2) is 0 Å². The summed E-state index contributed by atoms with van der Waals surface area (Å²) in [5, 5.41) is 8.48. The fourth-order valence-corrected chi connectivity index (χ4v) is 1.67. The molecule has 0 atom stereocenters. The van der Waals surface area contributed by atoms with Crippen LogP contribution in [0.2, 0.25) is 0 Å². The van der Waals surface area contributed by atoms with Gasteiger partial charge in [0, 0.05) is 6.42 Å². The van der Waals surface area contributed by atoms with E-state index in [1.807, 2.05) is 30.3 Å². The average molecular weight is 259 g/mol. The first-order valence-corrected chi connectivity index (χ1v) is 5.89. The van der Waals surface area contributed by atoms with Gasteiger partial charge < -0.3 is 9.52 Å². The van der Waals surface area contributed by atoms with E-state index < -0.39 is 11.8 Å². The van der Waals surface area contributed by atoms with Crippen molar-refractivity contribution in [1.29, 1.82) is 0 Å². The standard InChI is InChI=1S/C14H13NO4/c16-12(14(17)18)8-13-15-9-11(19-13)7-6-10-4-2-1-3-5-10/h1-5,9H,6-8H2,(H,17,18). The molecule has 0 radical (unpaired) electrons. The van der Waals surface area contributed by atoms with Crippen LogP contribution in [0.1, 0.15) is 17.2 Å². The van der Waals surface area contributed by atoms with Crippen LogP contribution in [0.15, 0.2) is 40.9 Å². The number of hydrogen-bond donors (Lipinski definition) is 1. The van der Waals surface area contributed by atoms with E-state index >= 15 is 0 Å². The fourth-order valence-electron chi connectivity index (χ4n) is 1.67. The highest BCUT2D eigenvalue weighted by molar-refractivity contribution is 6.33. The summed E-state index contributed by atoms with van der Waals surface area (Å²) in [6.07, 6.45) is 2.70. The highest BCUT2D eigenvalue weighted by Gasteiger charge is 2.15. The highest BCUT2D eigenvalue weighted by atomic mass is 16.4. The molecule has 0 saturated carbocycles. The minimum absolute atomic E-state index is 0.149. The maximum Gasteiger partial charge on any atom is 0.372 e. The van der Waals surface area contributed by atoms with Gasteiger partial charge in [-0.1, -0.05) is 30.3 Å². The number of aromatic nitrogens is 1. The third kappa shape index (κ3) is 3.77. The number of ketones is 1. The second-order valence-corrected chi connectivity index (χ2v) is 4.11. The third-order valence-corrected chi connectivity index (χ3v) is 2.65. The van der Waals surface area contributed by atoms with Crippen molar-refractivity contribution in [2.45, 2.75) is 19.3 Å². The zero-order valence-corrected chi connectivity index (χ0v) is 10.2. The molecule has 0 spiro atoms. The molecule has 1 heterocycles. The summed E-state index contributed by atoms with van der Waals surface area (Å²) in [5.41, 5.74) is 1.18. The van der Waals surface area contributed by atoms with Crippen molar-refractivity contribution in [3.8, 4) is 0 Å². The number of carboxylic acids is 1. The van der Waals surface area contributed by atoms with Gasteiger partial charge in [-0.3, -0.25) is 4.79 Å². The number of carboxylic acid groups (broad SMARTS) is 1. The zero-order chi connectivity index (χ0) is 13.7. The first-order valence-electron chi connectivity index (χ1n) is 5.89. The molecular formula is C14H13NO4. The molecule has 2 aromatic rings. The summed E-state index contributed by atoms with van der Waals surface area (Å²) in [5.74, 6) is -1.59. The van der Waals surface area contributed by atoms with Gasteiger partial charge in [-0.15, -0.1) is 0 Å². The molecule has 98 valence electrons. The van der Waals surface area contributed by atoms with Gasteiger partial charge in [0.05, 0.1) is 12.6 Å². The summed E-state index contributed by atoms with van der Waals surface area (Å²) in [6.45, 7) is 0. The summed E-state index contributed by atoms with van der Waals surface area (Å²) in [7, 11) is 0. The van der Waals surface area contributed by atoms with E-state index in [1.54, 1.807) is 0 Å². The van der Waals surface area contributed by atoms with Crippen LogP contribution in [-0.4, -0.2) is 21.8 Å². The van der Waals surface area contributed by atoms with Crippen molar-refractivity contribution in [3.05, 3.63) is 53.7 Å². The summed E-state index contributed by atoms with van der Waals surface area (Å²) >= 11 is 0. The normalized spacial score (nSPS) is 10.3. The van der Waals surface area contributed by atoms with Gasteiger partial charge in [-0.05, 0) is 12.0 Å². The third-order valence-electron chi connectivity index (χ3n) is 2.65. The Bertz CT molecular complexity index is 574. The first kappa shape index (κ1) is 13.0. The number of carbonyl (C=O) groups excluding carboxylic acids is 1. The van der Waals surface area contributed by atoms with Crippen LogP contribution in [0.25, 0.3) is 0 Å². The Hall–Kier alpha value is -2.43. The number of nitrogens with zero attached hydrogens (tertiary/aromatic N) is 1. The van der Waals surface area contributed by atoms with Gasteiger partial charge in [0.2, 0.25) is 11.7 Å². The van der Waals surface area contributed by atoms with E-state index in [2.05, 4.69) is 4.98 Å². The van der Waals surface area contributed by atoms with Gasteiger partial charge in [-0.2, -0.15) is 0 Å². The van der Waals surface area contributed by atoms with Crippen LogP contribution in [0.3, 0.4) is 0 Å². The number of carbonyl (C=O) groups is 2. The number of oxazole rings is 1. The van der Waals surface area contributed by atoms with Gasteiger partial charge in [0.1, 0.15) is 5.76 Å². The zero-order valence-electron chi connectivity index (χ0n) is 10.2. The number of rotatable bonds is 6. The second-order valence-electron chi connectivity index (χ2n) is 4.11. The van der Waals surface area contributed by atoms with Crippen molar-refractivity contribution in [1.82, 2.24) is 4.98 Å². The van der Waals surface area contributed by atoms with Crippen LogP contribution in [0.5, 0.6) is 0 Å². The summed E-state index contributed by atoms with van der Waals surface area (Å²) in [6, 6.07) is 9.92. The van der Waals surface area contributed by atoms with Crippen molar-refractivity contribution in [2.75, 3.05) is 0 Å². The largest absolute Gasteiger partial charge is 0.475 e. The average Bonchev–Trinajstić information content (AvgIpc) is 2.85. The SMILES string of the molecule is O=C(O)C(=O)Cc1ncc(CCc2ccccc2)o1. The highest BCUT2D eigenvalue weighted by Crippen LogP contribution is 2.09. The van der Waals surface area contributed by atoms with E-state index in [1.165, 1.54) is 11.8 Å². The molecule has 19 heavy (non-hydrogen) atoms. The van der Waals surface area contributed by atoms with Crippen LogP contribution < -0.4 is 0 Å². The Morgan fingerprint density at radius 3 is 2.58 bits per heavy atom. The molecule has 0 amide bonds. The lowest BCUT2D eigenvalue weighted by Gasteiger charge is -1.97. The van der Waals surface area contributed by atoms with Crippen molar-refractivity contribution < 1.29 is 19.1 Å². The van der Waals surface area contributed by atoms with Crippen LogP contribution in [-0.2, 0) is 28.9 Å². The topological polar surface area (TPSA) is 80.4 Å². The monoisotopic (exact) mass is 259 g/mol. The van der Waals surface area contributed by atoms with Crippen molar-refractivity contribution in [2.24, 2.45) is 0 Å². The Labute approximate surface area is 109 Å². The quantitative estimate of drug-likeness (QED) is 0.798. The lowest BCUT2D eigenvalue weighted by atomic mass is 10.1. The lowest BCUT2D eigenvalue weighted by molar-refractivity contribution is -0.148. The van der Waals surface area contributed by atoms with Gasteiger partial charge in [-0.25, -0.2) is 9.78 Å². The molecule has 0 saturated heterocycles. The maximum atomic E-state index is 11.0. The van der Waals surface area contributed by atoms with Crippen LogP contribution in [0, 0.1) is 0 Å². The second kappa shape index (κ2) is 5.95. The smallest absolute Gasteiger partial charge is 0.372 e. The number of Topliss-reactive ketones (excluding diaryl/α,β-unsaturated/α-hetero) is 1. The van der Waals surface area contributed by atoms with Gasteiger partial charge in [0.25, 0.3) is 0 Å². The Morgan fingerprint density at radius 2 is 1.89 bits per heavy atom. The first-order chi connectivity index (χ1) is 9.15. The molecule has 1 aromatic heterocycles. The Morgan fingerprint density at radius 1 is 1.16 bits per heavy atom. The van der Waals surface area contributed by atoms with E-state index in [9.17, 15) is 9.59 Å². The number of benzene rings is 1. The number of aryl methyl sites for hydroxylation is 2. The van der Waals surface area contributed by atoms with Crippen LogP contribution in [0.4, 0.5) is 0 Å². The van der Waals surface area contributed by atoms with E-state index in [4.69, 9.17) is 9.52 Å². The molecule has 0 bridgehead atoms. The molecule has 0 aliphatic heterocycles. The molecule has 0 aliphatic rings. The molecule has 2 rings (SSSR count). The molecule has 0 fully saturated rings. The summed E-state index contributed by atoms with van der Waals surface area (Å²) in [4.78, 5) is 25.3. The van der Waals surface area contributed by atoms with Crippen molar-refractivity contribution in [3.63, 3.8) is 0 Å². The predicted octanol–water partition coefficient (Wildman–Crippen LogP) is 1.66. The molecule has 0 unspecified atom stereocenters. The molecular weight excluding hydrogens is 246 g/mol. The molecule has 5 nitrogen and oxygen atoms in total. The lowest BCUT2D eigenvalue weighted by Crippen LogP contribution is -2.15. The minimum atomic E-state index is -1.47. The Kier molecular flexibility index (Phi) is 4.07. The summed E-state index contributed by atoms with van der Waals surface area (Å²) < 4.78 is 5.33. The molecule has 5 heteroatoms. The van der Waals surface area contributed by atoms with Gasteiger partial charge >= 0.3 is 5.97 Å². The fraction of sp³-hybridized carbons (Fsp3) is 0.214. The van der Waals surface area contributed by atoms with Crippen LogP contribution >= 0.6 is 0 Å². The number of hydrogen-bond acceptors (Lipinski definition) is 4. The maximum absolute atomic E-state index is 11.0.